The predicted molar refractivity (Wildman–Crippen MR) is 77.0 cm³/mol. The van der Waals surface area contributed by atoms with Crippen LogP contribution in [0.1, 0.15) is 18.4 Å². The molecular weight excluding hydrogens is 270 g/mol. The van der Waals surface area contributed by atoms with Crippen molar-refractivity contribution in [3.63, 3.8) is 0 Å². The first-order valence-corrected chi connectivity index (χ1v) is 7.00. The van der Waals surface area contributed by atoms with E-state index < -0.39 is 0 Å². The molecule has 0 bridgehead atoms. The van der Waals surface area contributed by atoms with Crippen LogP contribution >= 0.6 is 0 Å². The van der Waals surface area contributed by atoms with Gasteiger partial charge in [-0.15, -0.1) is 0 Å². The fraction of sp³-hybridized carbons (Fsp3) is 0.400. The highest BCUT2D eigenvalue weighted by molar-refractivity contribution is 5.87. The maximum atomic E-state index is 11.8. The molecule has 1 saturated heterocycles. The molecule has 3 N–H and O–H groups in total. The zero-order chi connectivity index (χ0) is 15.1. The fourth-order valence-corrected chi connectivity index (χ4v) is 2.13. The molecule has 0 aliphatic carbocycles. The van der Waals surface area contributed by atoms with Crippen molar-refractivity contribution in [2.45, 2.75) is 19.4 Å². The average Bonchev–Trinajstić information content (AvgIpc) is 2.52. The summed E-state index contributed by atoms with van der Waals surface area (Å²) in [5, 5.41) is 7.99. The summed E-state index contributed by atoms with van der Waals surface area (Å²) in [6.45, 7) is 0.738. The lowest BCUT2D eigenvalue weighted by Gasteiger charge is -2.21. The zero-order valence-corrected chi connectivity index (χ0v) is 11.7. The van der Waals surface area contributed by atoms with Crippen LogP contribution in [0.4, 0.5) is 0 Å². The molecule has 1 atom stereocenters. The van der Waals surface area contributed by atoms with Gasteiger partial charge in [0.15, 0.2) is 0 Å². The predicted octanol–water partition coefficient (Wildman–Crippen LogP) is -0.0548. The minimum Gasteiger partial charge on any atom is -0.355 e. The van der Waals surface area contributed by atoms with Crippen LogP contribution in [0.25, 0.3) is 0 Å². The van der Waals surface area contributed by atoms with Crippen LogP contribution < -0.4 is 16.0 Å². The molecule has 0 spiro atoms. The lowest BCUT2D eigenvalue weighted by atomic mass is 9.98. The zero-order valence-electron chi connectivity index (χ0n) is 11.7. The smallest absolute Gasteiger partial charge is 0.239 e. The number of hydrogen-bond acceptors (Lipinski definition) is 3. The molecule has 1 aromatic carbocycles. The summed E-state index contributed by atoms with van der Waals surface area (Å²) in [7, 11) is 0. The van der Waals surface area contributed by atoms with Crippen molar-refractivity contribution in [2.75, 3.05) is 13.1 Å². The molecule has 1 unspecified atom stereocenters. The Kier molecular flexibility index (Phi) is 5.31. The Morgan fingerprint density at radius 1 is 1.19 bits per heavy atom. The fourth-order valence-electron chi connectivity index (χ4n) is 2.13. The van der Waals surface area contributed by atoms with E-state index in [1.165, 1.54) is 0 Å². The van der Waals surface area contributed by atoms with Crippen molar-refractivity contribution < 1.29 is 14.4 Å². The van der Waals surface area contributed by atoms with E-state index in [9.17, 15) is 14.4 Å². The van der Waals surface area contributed by atoms with Gasteiger partial charge in [0.25, 0.3) is 0 Å². The number of rotatable bonds is 5. The van der Waals surface area contributed by atoms with Crippen molar-refractivity contribution in [2.24, 2.45) is 5.92 Å². The van der Waals surface area contributed by atoms with Gasteiger partial charge < -0.3 is 16.0 Å². The SMILES string of the molecule is O=C1CCC(C(=O)NCC(=O)NCc2ccccc2)CN1. The van der Waals surface area contributed by atoms with Crippen LogP contribution in [0, 0.1) is 5.92 Å². The molecule has 3 amide bonds. The van der Waals surface area contributed by atoms with Crippen LogP contribution in [0.3, 0.4) is 0 Å². The third-order valence-corrected chi connectivity index (χ3v) is 3.39. The quantitative estimate of drug-likeness (QED) is 0.710. The van der Waals surface area contributed by atoms with Crippen molar-refractivity contribution in [3.8, 4) is 0 Å². The molecule has 1 heterocycles. The van der Waals surface area contributed by atoms with E-state index >= 15 is 0 Å². The third kappa shape index (κ3) is 4.91. The van der Waals surface area contributed by atoms with Crippen LogP contribution in [0.2, 0.25) is 0 Å². The van der Waals surface area contributed by atoms with Gasteiger partial charge >= 0.3 is 0 Å². The minimum absolute atomic E-state index is 0.0281. The summed E-state index contributed by atoms with van der Waals surface area (Å²) < 4.78 is 0. The maximum Gasteiger partial charge on any atom is 0.239 e. The summed E-state index contributed by atoms with van der Waals surface area (Å²) >= 11 is 0. The van der Waals surface area contributed by atoms with E-state index in [1.807, 2.05) is 30.3 Å². The first-order valence-electron chi connectivity index (χ1n) is 7.00. The standard InChI is InChI=1S/C15H19N3O3/c19-13-7-6-12(9-17-13)15(21)18-10-14(20)16-8-11-4-2-1-3-5-11/h1-5,12H,6-10H2,(H,16,20)(H,17,19)(H,18,21). The Labute approximate surface area is 123 Å². The number of piperidine rings is 1. The van der Waals surface area contributed by atoms with Gasteiger partial charge in [-0.25, -0.2) is 0 Å². The van der Waals surface area contributed by atoms with Crippen molar-refractivity contribution >= 4 is 17.7 Å². The van der Waals surface area contributed by atoms with E-state index in [0.29, 0.717) is 25.9 Å². The van der Waals surface area contributed by atoms with E-state index in [0.717, 1.165) is 5.56 Å². The minimum atomic E-state index is -0.246. The molecule has 1 aliphatic heterocycles. The van der Waals surface area contributed by atoms with Crippen molar-refractivity contribution in [1.82, 2.24) is 16.0 Å². The number of amides is 3. The van der Waals surface area contributed by atoms with Gasteiger partial charge in [-0.1, -0.05) is 30.3 Å². The second kappa shape index (κ2) is 7.42. The van der Waals surface area contributed by atoms with Gasteiger partial charge in [-0.2, -0.15) is 0 Å². The van der Waals surface area contributed by atoms with E-state index in [-0.39, 0.29) is 30.2 Å². The molecule has 2 rings (SSSR count). The first-order chi connectivity index (χ1) is 10.1. The first kappa shape index (κ1) is 15.0. The van der Waals surface area contributed by atoms with Gasteiger partial charge in [0.05, 0.1) is 12.5 Å². The molecule has 0 saturated carbocycles. The van der Waals surface area contributed by atoms with Crippen LogP contribution in [-0.4, -0.2) is 30.8 Å². The molecule has 1 aromatic rings. The van der Waals surface area contributed by atoms with Gasteiger partial charge in [0.2, 0.25) is 17.7 Å². The third-order valence-electron chi connectivity index (χ3n) is 3.39. The van der Waals surface area contributed by atoms with E-state index in [1.54, 1.807) is 0 Å². The number of carbonyl (C=O) groups is 3. The monoisotopic (exact) mass is 289 g/mol. The Bertz CT molecular complexity index is 506. The highest BCUT2D eigenvalue weighted by Crippen LogP contribution is 2.10. The summed E-state index contributed by atoms with van der Waals surface area (Å²) in [5.41, 5.74) is 1.01. The Balaban J connectivity index is 1.66. The van der Waals surface area contributed by atoms with E-state index in [4.69, 9.17) is 0 Å². The molecule has 6 nitrogen and oxygen atoms in total. The Morgan fingerprint density at radius 3 is 2.62 bits per heavy atom. The summed E-state index contributed by atoms with van der Waals surface area (Å²) in [6, 6.07) is 9.56. The van der Waals surface area contributed by atoms with Gasteiger partial charge in [-0.3, -0.25) is 14.4 Å². The number of hydrogen-bond donors (Lipinski definition) is 3. The molecule has 1 fully saturated rings. The molecule has 112 valence electrons. The molecule has 0 radical (unpaired) electrons. The van der Waals surface area contributed by atoms with Crippen LogP contribution in [-0.2, 0) is 20.9 Å². The molecule has 21 heavy (non-hydrogen) atoms. The van der Waals surface area contributed by atoms with Crippen molar-refractivity contribution in [3.05, 3.63) is 35.9 Å². The normalized spacial score (nSPS) is 17.7. The van der Waals surface area contributed by atoms with Gasteiger partial charge in [0.1, 0.15) is 0 Å². The second-order valence-corrected chi connectivity index (χ2v) is 5.02. The lowest BCUT2D eigenvalue weighted by Crippen LogP contribution is -2.45. The second-order valence-electron chi connectivity index (χ2n) is 5.02. The molecule has 0 aromatic heterocycles. The lowest BCUT2D eigenvalue weighted by molar-refractivity contribution is -0.131. The highest BCUT2D eigenvalue weighted by Gasteiger charge is 2.24. The number of nitrogens with one attached hydrogen (secondary N) is 3. The summed E-state index contributed by atoms with van der Waals surface area (Å²) in [6.07, 6.45) is 0.890. The Hall–Kier alpha value is -2.37. The Morgan fingerprint density at radius 2 is 1.95 bits per heavy atom. The van der Waals surface area contributed by atoms with Crippen LogP contribution in [0.15, 0.2) is 30.3 Å². The van der Waals surface area contributed by atoms with Crippen molar-refractivity contribution in [1.29, 1.82) is 0 Å². The van der Waals surface area contributed by atoms with Gasteiger partial charge in [-0.05, 0) is 12.0 Å². The van der Waals surface area contributed by atoms with E-state index in [2.05, 4.69) is 16.0 Å². The molecule has 1 aliphatic rings. The van der Waals surface area contributed by atoms with Crippen LogP contribution in [0.5, 0.6) is 0 Å². The molecular formula is C15H19N3O3. The number of carbonyl (C=O) groups excluding carboxylic acids is 3. The summed E-state index contributed by atoms with van der Waals surface area (Å²) in [4.78, 5) is 34.5. The molecule has 6 heteroatoms. The highest BCUT2D eigenvalue weighted by atomic mass is 16.2. The average molecular weight is 289 g/mol. The largest absolute Gasteiger partial charge is 0.355 e. The summed E-state index contributed by atoms with van der Waals surface area (Å²) in [5.74, 6) is -0.693. The number of benzene rings is 1. The van der Waals surface area contributed by atoms with Gasteiger partial charge in [0, 0.05) is 19.5 Å². The topological polar surface area (TPSA) is 87.3 Å². The maximum absolute atomic E-state index is 11.8.